The quantitative estimate of drug-likeness (QED) is 0.709. The largest absolute Gasteiger partial charge is 0.422 e. The first kappa shape index (κ1) is 16.2. The van der Waals surface area contributed by atoms with Crippen LogP contribution >= 0.6 is 11.6 Å². The lowest BCUT2D eigenvalue weighted by Gasteiger charge is -2.33. The molecule has 1 aliphatic rings. The van der Waals surface area contributed by atoms with E-state index >= 15 is 0 Å². The highest BCUT2D eigenvalue weighted by atomic mass is 35.5. The molecule has 1 N–H and O–H groups in total. The van der Waals surface area contributed by atoms with E-state index in [1.165, 1.54) is 0 Å². The van der Waals surface area contributed by atoms with E-state index in [4.69, 9.17) is 16.0 Å². The SMILES string of the molecule is CC1CN(c2ccc3cc(-c4cccc(Cl)c4)c(=O)oc3c2)CCN1. The summed E-state index contributed by atoms with van der Waals surface area (Å²) in [6, 6.07) is 15.6. The number of nitrogens with zero attached hydrogens (tertiary/aromatic N) is 1. The van der Waals surface area contributed by atoms with Crippen LogP contribution in [0.2, 0.25) is 5.02 Å². The van der Waals surface area contributed by atoms with Crippen molar-refractivity contribution in [2.45, 2.75) is 13.0 Å². The Bertz CT molecular complexity index is 983. The maximum absolute atomic E-state index is 12.5. The van der Waals surface area contributed by atoms with Crippen LogP contribution in [0.25, 0.3) is 22.1 Å². The Balaban J connectivity index is 1.75. The monoisotopic (exact) mass is 354 g/mol. The smallest absolute Gasteiger partial charge is 0.344 e. The molecule has 25 heavy (non-hydrogen) atoms. The summed E-state index contributed by atoms with van der Waals surface area (Å²) in [6.45, 7) is 5.01. The third-order valence-corrected chi connectivity index (χ3v) is 4.82. The van der Waals surface area contributed by atoms with Gasteiger partial charge in [-0.25, -0.2) is 4.79 Å². The van der Waals surface area contributed by atoms with Crippen LogP contribution in [-0.2, 0) is 0 Å². The maximum atomic E-state index is 12.5. The number of hydrogen-bond donors (Lipinski definition) is 1. The second-order valence-corrected chi connectivity index (χ2v) is 6.92. The highest BCUT2D eigenvalue weighted by molar-refractivity contribution is 6.30. The van der Waals surface area contributed by atoms with E-state index < -0.39 is 0 Å². The summed E-state index contributed by atoms with van der Waals surface area (Å²) in [5.41, 5.74) is 2.64. The predicted octanol–water partition coefficient (Wildman–Crippen LogP) is 3.91. The van der Waals surface area contributed by atoms with Crippen LogP contribution in [0.1, 0.15) is 6.92 Å². The van der Waals surface area contributed by atoms with Gasteiger partial charge in [-0.1, -0.05) is 23.7 Å². The molecular weight excluding hydrogens is 336 g/mol. The Morgan fingerprint density at radius 2 is 2.08 bits per heavy atom. The van der Waals surface area contributed by atoms with Crippen LogP contribution in [0.15, 0.2) is 57.7 Å². The zero-order chi connectivity index (χ0) is 17.4. The van der Waals surface area contributed by atoms with Crippen LogP contribution in [-0.4, -0.2) is 25.7 Å². The highest BCUT2D eigenvalue weighted by Gasteiger charge is 2.17. The summed E-state index contributed by atoms with van der Waals surface area (Å²) in [4.78, 5) is 14.8. The number of hydrogen-bond acceptors (Lipinski definition) is 4. The van der Waals surface area contributed by atoms with Gasteiger partial charge in [-0.15, -0.1) is 0 Å². The summed E-state index contributed by atoms with van der Waals surface area (Å²) >= 11 is 6.04. The average molecular weight is 355 g/mol. The molecule has 2 heterocycles. The van der Waals surface area contributed by atoms with Crippen LogP contribution in [0.4, 0.5) is 5.69 Å². The summed E-state index contributed by atoms with van der Waals surface area (Å²) in [6.07, 6.45) is 0. The van der Waals surface area contributed by atoms with E-state index in [0.29, 0.717) is 22.2 Å². The van der Waals surface area contributed by atoms with Crippen molar-refractivity contribution in [3.8, 4) is 11.1 Å². The molecule has 1 aliphatic heterocycles. The molecule has 2 aromatic carbocycles. The van der Waals surface area contributed by atoms with Crippen molar-refractivity contribution in [2.24, 2.45) is 0 Å². The van der Waals surface area contributed by atoms with Gasteiger partial charge in [0.15, 0.2) is 0 Å². The molecule has 0 spiro atoms. The van der Waals surface area contributed by atoms with Crippen molar-refractivity contribution >= 4 is 28.3 Å². The maximum Gasteiger partial charge on any atom is 0.344 e. The van der Waals surface area contributed by atoms with E-state index in [2.05, 4.69) is 23.2 Å². The first-order valence-corrected chi connectivity index (χ1v) is 8.80. The van der Waals surface area contributed by atoms with Crippen molar-refractivity contribution in [1.82, 2.24) is 5.32 Å². The lowest BCUT2D eigenvalue weighted by molar-refractivity contribution is 0.484. The number of rotatable bonds is 2. The fourth-order valence-corrected chi connectivity index (χ4v) is 3.51. The fourth-order valence-electron chi connectivity index (χ4n) is 3.32. The Labute approximate surface area is 151 Å². The molecule has 5 heteroatoms. The van der Waals surface area contributed by atoms with Crippen LogP contribution in [0.3, 0.4) is 0 Å². The topological polar surface area (TPSA) is 45.5 Å². The van der Waals surface area contributed by atoms with E-state index in [1.807, 2.05) is 30.3 Å². The Hall–Kier alpha value is -2.30. The van der Waals surface area contributed by atoms with Crippen molar-refractivity contribution in [3.63, 3.8) is 0 Å². The number of fused-ring (bicyclic) bond motifs is 1. The molecule has 1 aromatic heterocycles. The molecule has 0 amide bonds. The van der Waals surface area contributed by atoms with Gasteiger partial charge in [-0.3, -0.25) is 0 Å². The lowest BCUT2D eigenvalue weighted by atomic mass is 10.1. The van der Waals surface area contributed by atoms with E-state index in [1.54, 1.807) is 12.1 Å². The second-order valence-electron chi connectivity index (χ2n) is 6.48. The molecule has 1 unspecified atom stereocenters. The minimum atomic E-state index is -0.347. The van der Waals surface area contributed by atoms with Gasteiger partial charge in [0, 0.05) is 47.8 Å². The zero-order valence-electron chi connectivity index (χ0n) is 14.0. The van der Waals surface area contributed by atoms with Crippen molar-refractivity contribution in [3.05, 3.63) is 64.0 Å². The Kier molecular flexibility index (Phi) is 4.24. The number of piperazine rings is 1. The van der Waals surface area contributed by atoms with Gasteiger partial charge in [0.25, 0.3) is 0 Å². The minimum Gasteiger partial charge on any atom is -0.422 e. The lowest BCUT2D eigenvalue weighted by Crippen LogP contribution is -2.49. The van der Waals surface area contributed by atoms with Gasteiger partial charge in [0.1, 0.15) is 5.58 Å². The minimum absolute atomic E-state index is 0.347. The first-order chi connectivity index (χ1) is 12.1. The number of halogens is 1. The first-order valence-electron chi connectivity index (χ1n) is 8.42. The molecule has 1 fully saturated rings. The summed E-state index contributed by atoms with van der Waals surface area (Å²) in [5.74, 6) is 0. The molecular formula is C20H19ClN2O2. The molecule has 0 bridgehead atoms. The number of anilines is 1. The van der Waals surface area contributed by atoms with E-state index in [0.717, 1.165) is 36.3 Å². The predicted molar refractivity (Wildman–Crippen MR) is 103 cm³/mol. The van der Waals surface area contributed by atoms with E-state index in [-0.39, 0.29) is 5.63 Å². The molecule has 4 nitrogen and oxygen atoms in total. The molecule has 0 aliphatic carbocycles. The molecule has 1 atom stereocenters. The third-order valence-electron chi connectivity index (χ3n) is 4.59. The Morgan fingerprint density at radius 1 is 1.20 bits per heavy atom. The standard InChI is InChI=1S/C20H19ClN2O2/c1-13-12-23(8-7-22-13)17-6-5-15-10-18(20(24)25-19(15)11-17)14-3-2-4-16(21)9-14/h2-6,9-11,13,22H,7-8,12H2,1H3. The van der Waals surface area contributed by atoms with E-state index in [9.17, 15) is 4.79 Å². The highest BCUT2D eigenvalue weighted by Crippen LogP contribution is 2.26. The average Bonchev–Trinajstić information content (AvgIpc) is 2.60. The van der Waals surface area contributed by atoms with Crippen LogP contribution < -0.4 is 15.8 Å². The second kappa shape index (κ2) is 6.54. The normalized spacial score (nSPS) is 17.8. The summed E-state index contributed by atoms with van der Waals surface area (Å²) < 4.78 is 5.60. The third kappa shape index (κ3) is 3.28. The van der Waals surface area contributed by atoms with Crippen molar-refractivity contribution in [2.75, 3.05) is 24.5 Å². The van der Waals surface area contributed by atoms with Gasteiger partial charge in [-0.05, 0) is 42.8 Å². The zero-order valence-corrected chi connectivity index (χ0v) is 14.7. The molecule has 1 saturated heterocycles. The van der Waals surface area contributed by atoms with Gasteiger partial charge < -0.3 is 14.6 Å². The Morgan fingerprint density at radius 3 is 2.88 bits per heavy atom. The van der Waals surface area contributed by atoms with Gasteiger partial charge in [0.05, 0.1) is 5.56 Å². The summed E-state index contributed by atoms with van der Waals surface area (Å²) in [5, 5.41) is 4.93. The summed E-state index contributed by atoms with van der Waals surface area (Å²) in [7, 11) is 0. The van der Waals surface area contributed by atoms with Gasteiger partial charge in [-0.2, -0.15) is 0 Å². The molecule has 0 saturated carbocycles. The molecule has 0 radical (unpaired) electrons. The van der Waals surface area contributed by atoms with Crippen LogP contribution in [0.5, 0.6) is 0 Å². The molecule has 4 rings (SSSR count). The number of nitrogens with one attached hydrogen (secondary N) is 1. The van der Waals surface area contributed by atoms with Crippen molar-refractivity contribution < 1.29 is 4.42 Å². The van der Waals surface area contributed by atoms with Crippen LogP contribution in [0, 0.1) is 0 Å². The van der Waals surface area contributed by atoms with Crippen molar-refractivity contribution in [1.29, 1.82) is 0 Å². The molecule has 3 aromatic rings. The number of benzene rings is 2. The van der Waals surface area contributed by atoms with Gasteiger partial charge in [0.2, 0.25) is 0 Å². The fraction of sp³-hybridized carbons (Fsp3) is 0.250. The van der Waals surface area contributed by atoms with Gasteiger partial charge >= 0.3 is 5.63 Å². The molecule has 128 valence electrons.